The highest BCUT2D eigenvalue weighted by molar-refractivity contribution is 5.68. The van der Waals surface area contributed by atoms with Crippen molar-refractivity contribution in [2.24, 2.45) is 5.92 Å². The molecule has 0 saturated carbocycles. The standard InChI is InChI=1S/C8H14O4/c1-6-5-12-3-2-8(6,11)4-7(9)10/h6,11H,2-5H2,1H3,(H,9,10). The molecule has 1 fully saturated rings. The molecule has 2 unspecified atom stereocenters. The molecule has 0 aromatic heterocycles. The van der Waals surface area contributed by atoms with Crippen molar-refractivity contribution in [1.82, 2.24) is 0 Å². The highest BCUT2D eigenvalue weighted by Crippen LogP contribution is 2.29. The van der Waals surface area contributed by atoms with Gasteiger partial charge in [0.15, 0.2) is 0 Å². The van der Waals surface area contributed by atoms with Crippen molar-refractivity contribution < 1.29 is 19.7 Å². The normalized spacial score (nSPS) is 36.3. The van der Waals surface area contributed by atoms with E-state index in [2.05, 4.69) is 0 Å². The van der Waals surface area contributed by atoms with Gasteiger partial charge in [0, 0.05) is 18.9 Å². The van der Waals surface area contributed by atoms with E-state index in [1.54, 1.807) is 0 Å². The maximum atomic E-state index is 10.4. The van der Waals surface area contributed by atoms with Crippen molar-refractivity contribution in [3.05, 3.63) is 0 Å². The first kappa shape index (κ1) is 9.48. The number of carboxylic acid groups (broad SMARTS) is 1. The number of aliphatic carboxylic acids is 1. The number of hydrogen-bond acceptors (Lipinski definition) is 3. The second-order valence-corrected chi connectivity index (χ2v) is 3.40. The molecule has 0 bridgehead atoms. The van der Waals surface area contributed by atoms with Crippen LogP contribution in [0.4, 0.5) is 0 Å². The van der Waals surface area contributed by atoms with Crippen LogP contribution < -0.4 is 0 Å². The fourth-order valence-corrected chi connectivity index (χ4v) is 1.44. The Labute approximate surface area is 71.2 Å². The summed E-state index contributed by atoms with van der Waals surface area (Å²) in [5.41, 5.74) is -1.07. The number of ether oxygens (including phenoxy) is 1. The van der Waals surface area contributed by atoms with Gasteiger partial charge in [-0.05, 0) is 0 Å². The van der Waals surface area contributed by atoms with Crippen molar-refractivity contribution in [2.75, 3.05) is 13.2 Å². The molecule has 0 aliphatic carbocycles. The van der Waals surface area contributed by atoms with Crippen LogP contribution in [0.3, 0.4) is 0 Å². The summed E-state index contributed by atoms with van der Waals surface area (Å²) < 4.78 is 5.11. The van der Waals surface area contributed by atoms with E-state index in [4.69, 9.17) is 9.84 Å². The molecule has 1 aliphatic heterocycles. The quantitative estimate of drug-likeness (QED) is 0.629. The van der Waals surface area contributed by atoms with E-state index in [-0.39, 0.29) is 12.3 Å². The minimum atomic E-state index is -1.07. The molecule has 0 amide bonds. The van der Waals surface area contributed by atoms with Gasteiger partial charge in [0.25, 0.3) is 0 Å². The zero-order valence-corrected chi connectivity index (χ0v) is 7.12. The first-order chi connectivity index (χ1) is 5.54. The lowest BCUT2D eigenvalue weighted by molar-refractivity contribution is -0.153. The van der Waals surface area contributed by atoms with Crippen LogP contribution >= 0.6 is 0 Å². The van der Waals surface area contributed by atoms with E-state index in [0.717, 1.165) is 0 Å². The van der Waals surface area contributed by atoms with Crippen LogP contribution in [0.5, 0.6) is 0 Å². The Kier molecular flexibility index (Phi) is 2.69. The predicted octanol–water partition coefficient (Wildman–Crippen LogP) is 0.249. The third kappa shape index (κ3) is 1.95. The average Bonchev–Trinajstić information content (AvgIpc) is 1.94. The molecule has 0 spiro atoms. The largest absolute Gasteiger partial charge is 0.481 e. The Balaban J connectivity index is 2.59. The van der Waals surface area contributed by atoms with Gasteiger partial charge < -0.3 is 14.9 Å². The third-order valence-corrected chi connectivity index (χ3v) is 2.42. The van der Waals surface area contributed by atoms with Gasteiger partial charge in [0.2, 0.25) is 0 Å². The van der Waals surface area contributed by atoms with E-state index >= 15 is 0 Å². The van der Waals surface area contributed by atoms with Gasteiger partial charge in [0.05, 0.1) is 18.6 Å². The molecule has 2 N–H and O–H groups in total. The molecule has 1 saturated heterocycles. The molecule has 1 heterocycles. The van der Waals surface area contributed by atoms with Crippen molar-refractivity contribution in [2.45, 2.75) is 25.4 Å². The molecular weight excluding hydrogens is 160 g/mol. The minimum Gasteiger partial charge on any atom is -0.481 e. The summed E-state index contributed by atoms with van der Waals surface area (Å²) in [6.07, 6.45) is 0.234. The van der Waals surface area contributed by atoms with Crippen LogP contribution in [0.15, 0.2) is 0 Å². The summed E-state index contributed by atoms with van der Waals surface area (Å²) in [7, 11) is 0. The summed E-state index contributed by atoms with van der Waals surface area (Å²) in [6.45, 7) is 2.71. The van der Waals surface area contributed by atoms with Crippen LogP contribution in [-0.4, -0.2) is 35.0 Å². The predicted molar refractivity (Wildman–Crippen MR) is 41.8 cm³/mol. The van der Waals surface area contributed by atoms with Crippen molar-refractivity contribution >= 4 is 5.97 Å². The third-order valence-electron chi connectivity index (χ3n) is 2.42. The fraction of sp³-hybridized carbons (Fsp3) is 0.875. The number of carbonyl (C=O) groups is 1. The van der Waals surface area contributed by atoms with Crippen molar-refractivity contribution in [3.63, 3.8) is 0 Å². The zero-order valence-electron chi connectivity index (χ0n) is 7.12. The molecular formula is C8H14O4. The summed E-state index contributed by atoms with van der Waals surface area (Å²) in [5, 5.41) is 18.4. The Morgan fingerprint density at radius 2 is 2.42 bits per heavy atom. The first-order valence-corrected chi connectivity index (χ1v) is 4.06. The van der Waals surface area contributed by atoms with Gasteiger partial charge >= 0.3 is 5.97 Å². The van der Waals surface area contributed by atoms with Gasteiger partial charge in [-0.1, -0.05) is 6.92 Å². The Bertz CT molecular complexity index is 180. The Morgan fingerprint density at radius 1 is 1.75 bits per heavy atom. The zero-order chi connectivity index (χ0) is 9.19. The second-order valence-electron chi connectivity index (χ2n) is 3.40. The number of carboxylic acids is 1. The molecule has 1 rings (SSSR count). The smallest absolute Gasteiger partial charge is 0.306 e. The maximum Gasteiger partial charge on any atom is 0.306 e. The lowest BCUT2D eigenvalue weighted by Gasteiger charge is -2.36. The molecule has 4 nitrogen and oxygen atoms in total. The molecule has 0 aromatic rings. The fourth-order valence-electron chi connectivity index (χ4n) is 1.44. The average molecular weight is 174 g/mol. The van der Waals surface area contributed by atoms with E-state index in [1.807, 2.05) is 6.92 Å². The lowest BCUT2D eigenvalue weighted by atomic mass is 9.82. The highest BCUT2D eigenvalue weighted by atomic mass is 16.5. The topological polar surface area (TPSA) is 66.8 Å². The summed E-state index contributed by atoms with van der Waals surface area (Å²) in [6, 6.07) is 0. The Morgan fingerprint density at radius 3 is 2.92 bits per heavy atom. The molecule has 0 aromatic carbocycles. The van der Waals surface area contributed by atoms with Crippen LogP contribution in [0.25, 0.3) is 0 Å². The van der Waals surface area contributed by atoms with Crippen LogP contribution in [0.1, 0.15) is 19.8 Å². The van der Waals surface area contributed by atoms with Gasteiger partial charge in [0.1, 0.15) is 0 Å². The molecule has 12 heavy (non-hydrogen) atoms. The number of rotatable bonds is 2. The molecule has 0 radical (unpaired) electrons. The lowest BCUT2D eigenvalue weighted by Crippen LogP contribution is -2.45. The maximum absolute atomic E-state index is 10.4. The number of hydrogen-bond donors (Lipinski definition) is 2. The van der Waals surface area contributed by atoms with Gasteiger partial charge in [-0.15, -0.1) is 0 Å². The molecule has 4 heteroatoms. The van der Waals surface area contributed by atoms with Gasteiger partial charge in [-0.2, -0.15) is 0 Å². The van der Waals surface area contributed by atoms with Crippen LogP contribution in [-0.2, 0) is 9.53 Å². The second kappa shape index (κ2) is 3.41. The summed E-state index contributed by atoms with van der Waals surface area (Å²) in [4.78, 5) is 10.4. The number of aliphatic hydroxyl groups is 1. The molecule has 1 aliphatic rings. The van der Waals surface area contributed by atoms with Gasteiger partial charge in [-0.25, -0.2) is 0 Å². The van der Waals surface area contributed by atoms with E-state index in [1.165, 1.54) is 0 Å². The van der Waals surface area contributed by atoms with Gasteiger partial charge in [-0.3, -0.25) is 4.79 Å². The van der Waals surface area contributed by atoms with E-state index in [0.29, 0.717) is 19.6 Å². The summed E-state index contributed by atoms with van der Waals surface area (Å²) in [5.74, 6) is -1.05. The monoisotopic (exact) mass is 174 g/mol. The van der Waals surface area contributed by atoms with Crippen molar-refractivity contribution in [3.8, 4) is 0 Å². The van der Waals surface area contributed by atoms with E-state index < -0.39 is 11.6 Å². The van der Waals surface area contributed by atoms with Crippen molar-refractivity contribution in [1.29, 1.82) is 0 Å². The van der Waals surface area contributed by atoms with Crippen LogP contribution in [0, 0.1) is 5.92 Å². The first-order valence-electron chi connectivity index (χ1n) is 4.06. The Hall–Kier alpha value is -0.610. The minimum absolute atomic E-state index is 0.0950. The van der Waals surface area contributed by atoms with E-state index in [9.17, 15) is 9.90 Å². The van der Waals surface area contributed by atoms with Crippen LogP contribution in [0.2, 0.25) is 0 Å². The molecule has 70 valence electrons. The SMILES string of the molecule is CC1COCCC1(O)CC(=O)O. The highest BCUT2D eigenvalue weighted by Gasteiger charge is 2.38. The molecule has 2 atom stereocenters. The summed E-state index contributed by atoms with van der Waals surface area (Å²) >= 11 is 0.